The summed E-state index contributed by atoms with van der Waals surface area (Å²) in [4.78, 5) is 101. The zero-order valence-corrected chi connectivity index (χ0v) is 52.8. The van der Waals surface area contributed by atoms with Crippen LogP contribution in [0.2, 0.25) is 0 Å². The predicted molar refractivity (Wildman–Crippen MR) is 332 cm³/mol. The first-order chi connectivity index (χ1) is 40.0. The van der Waals surface area contributed by atoms with Crippen molar-refractivity contribution in [3.05, 3.63) is 72.1 Å². The van der Waals surface area contributed by atoms with Gasteiger partial charge in [-0.05, 0) is 144 Å². The van der Waals surface area contributed by atoms with E-state index >= 15 is 0 Å². The molecule has 2 aromatic heterocycles. The van der Waals surface area contributed by atoms with Gasteiger partial charge in [-0.15, -0.1) is 0 Å². The van der Waals surface area contributed by atoms with Gasteiger partial charge >= 0.3 is 30.1 Å². The van der Waals surface area contributed by atoms with Crippen LogP contribution >= 0.6 is 0 Å². The van der Waals surface area contributed by atoms with E-state index in [1.807, 2.05) is 105 Å². The van der Waals surface area contributed by atoms with Crippen LogP contribution in [0.4, 0.5) is 44.5 Å². The van der Waals surface area contributed by atoms with Crippen molar-refractivity contribution >= 4 is 70.9 Å². The molecule has 2 aliphatic rings. The highest BCUT2D eigenvalue weighted by molar-refractivity contribution is 5.99. The number of amides is 3. The minimum absolute atomic E-state index is 0.122. The third kappa shape index (κ3) is 21.9. The maximum absolute atomic E-state index is 13.3. The number of carbonyl (C=O) groups is 6. The Morgan fingerprint density at radius 3 is 1.36 bits per heavy atom. The minimum atomic E-state index is -1.07. The molecule has 3 amide bonds. The van der Waals surface area contributed by atoms with Gasteiger partial charge in [-0.1, -0.05) is 45.0 Å². The Hall–Kier alpha value is -7.98. The standard InChI is InChI=1S/C29H42N6O5.C28H42N6O4.C5H10O2/c1-7-33(8-2)27-30-19-23(35(9-3)26(38)29(4,5)6)24(32-27)31-22(25(36)37)18-20-12-14-21(15-13-20)40-28(39)34-16-10-11-17-34;1-7-29-23-19-30-26(33(8-2)9-3)32-24(23)31-22(25(35)38-28(4,5)6)18-20-12-14-21(15-13-20)37-27(36)34-16-10-11-17-34;1-5(2,3)4(6)7/h12-15,19,22H,7-11,16-18H2,1-6H3,(H,36,37)(H,30,31,32);12-15,19,22,29H,7-11,16-18H2,1-6H3,(H,30,31,32);1-3H3,(H,6,7)/t2*22-;/m11./s1. The van der Waals surface area contributed by atoms with Crippen LogP contribution in [0.1, 0.15) is 141 Å². The molecule has 2 atom stereocenters. The molecule has 5 N–H and O–H groups in total. The molecule has 23 nitrogen and oxygen atoms in total. The second-order valence-corrected chi connectivity index (χ2v) is 23.7. The van der Waals surface area contributed by atoms with Gasteiger partial charge in [0.15, 0.2) is 11.6 Å². The van der Waals surface area contributed by atoms with Gasteiger partial charge in [-0.3, -0.25) is 9.59 Å². The molecule has 468 valence electrons. The SMILES string of the molecule is CC(C)(C)C(=O)O.CCN(CC)c1ncc(N(CC)C(=O)C(C)(C)C)c(N[C@H](Cc2ccc(OC(=O)N3CCCC3)cc2)C(=O)O)n1.CCNc1cnc(N(CC)CC)nc1N[C@H](Cc1ccc(OC(=O)N2CCCC2)cc1)C(=O)OC(C)(C)C. The molecule has 2 aromatic carbocycles. The molecule has 0 aliphatic carbocycles. The fourth-order valence-corrected chi connectivity index (χ4v) is 8.70. The van der Waals surface area contributed by atoms with Gasteiger partial charge in [0, 0.05) is 83.7 Å². The Balaban J connectivity index is 0.000000328. The summed E-state index contributed by atoms with van der Waals surface area (Å²) >= 11 is 0. The van der Waals surface area contributed by atoms with Crippen molar-refractivity contribution in [2.45, 2.75) is 160 Å². The number of aliphatic carboxylic acids is 2. The Bertz CT molecular complexity index is 2800. The summed E-state index contributed by atoms with van der Waals surface area (Å²) < 4.78 is 16.7. The monoisotopic (exact) mass is 1180 g/mol. The van der Waals surface area contributed by atoms with E-state index in [1.165, 1.54) is 0 Å². The van der Waals surface area contributed by atoms with Crippen LogP contribution in [0.25, 0.3) is 0 Å². The van der Waals surface area contributed by atoms with Crippen LogP contribution in [0.15, 0.2) is 60.9 Å². The van der Waals surface area contributed by atoms with Crippen molar-refractivity contribution in [2.24, 2.45) is 10.8 Å². The van der Waals surface area contributed by atoms with Crippen LogP contribution in [0, 0.1) is 10.8 Å². The number of anilines is 6. The Morgan fingerprint density at radius 2 is 0.988 bits per heavy atom. The molecule has 0 radical (unpaired) electrons. The zero-order valence-electron chi connectivity index (χ0n) is 52.8. The highest BCUT2D eigenvalue weighted by Crippen LogP contribution is 2.31. The number of carboxylic acid groups (broad SMARTS) is 2. The number of carbonyl (C=O) groups excluding carboxylic acids is 4. The molecule has 0 unspecified atom stereocenters. The molecule has 2 fully saturated rings. The summed E-state index contributed by atoms with van der Waals surface area (Å²) in [6, 6.07) is 12.3. The van der Waals surface area contributed by atoms with E-state index in [2.05, 4.69) is 30.9 Å². The second kappa shape index (κ2) is 32.3. The van der Waals surface area contributed by atoms with E-state index in [0.717, 1.165) is 63.0 Å². The number of likely N-dealkylation sites (tertiary alicyclic amines) is 2. The average Bonchev–Trinajstić information content (AvgIpc) is 3.91. The first kappa shape index (κ1) is 69.5. The lowest BCUT2D eigenvalue weighted by Gasteiger charge is -2.31. The van der Waals surface area contributed by atoms with Crippen LogP contribution in [0.5, 0.6) is 11.5 Å². The summed E-state index contributed by atoms with van der Waals surface area (Å²) in [6.07, 6.45) is 7.07. The molecule has 2 saturated heterocycles. The van der Waals surface area contributed by atoms with Gasteiger partial charge in [0.25, 0.3) is 0 Å². The number of ether oxygens (including phenoxy) is 3. The van der Waals surface area contributed by atoms with E-state index in [0.29, 0.717) is 86.3 Å². The highest BCUT2D eigenvalue weighted by Gasteiger charge is 2.32. The van der Waals surface area contributed by atoms with Gasteiger partial charge in [-0.25, -0.2) is 29.1 Å². The van der Waals surface area contributed by atoms with E-state index in [4.69, 9.17) is 24.3 Å². The molecule has 23 heteroatoms. The normalized spacial score (nSPS) is 13.8. The Kier molecular flexibility index (Phi) is 26.4. The quantitative estimate of drug-likeness (QED) is 0.0458. The first-order valence-electron chi connectivity index (χ1n) is 29.7. The summed E-state index contributed by atoms with van der Waals surface area (Å²) in [5, 5.41) is 28.0. The lowest BCUT2D eigenvalue weighted by atomic mass is 9.94. The molecule has 4 heterocycles. The van der Waals surface area contributed by atoms with Gasteiger partial charge in [0.05, 0.1) is 23.5 Å². The van der Waals surface area contributed by atoms with Gasteiger partial charge in [0.2, 0.25) is 17.8 Å². The van der Waals surface area contributed by atoms with Crippen molar-refractivity contribution < 1.29 is 53.2 Å². The molecule has 4 aromatic rings. The predicted octanol–water partition coefficient (Wildman–Crippen LogP) is 10.3. The molecule has 0 spiro atoms. The maximum atomic E-state index is 13.3. The fourth-order valence-electron chi connectivity index (χ4n) is 8.70. The summed E-state index contributed by atoms with van der Waals surface area (Å²) in [7, 11) is 0. The molecule has 6 rings (SSSR count). The largest absolute Gasteiger partial charge is 0.481 e. The third-order valence-electron chi connectivity index (χ3n) is 13.6. The van der Waals surface area contributed by atoms with Crippen molar-refractivity contribution in [3.8, 4) is 11.5 Å². The number of nitrogens with zero attached hydrogens (tertiary/aromatic N) is 9. The summed E-state index contributed by atoms with van der Waals surface area (Å²) in [6.45, 7) is 34.7. The third-order valence-corrected chi connectivity index (χ3v) is 13.6. The second-order valence-electron chi connectivity index (χ2n) is 23.7. The first-order valence-corrected chi connectivity index (χ1v) is 29.7. The fraction of sp³-hybridized carbons (Fsp3) is 0.581. The molecule has 0 saturated carbocycles. The number of rotatable bonds is 22. The van der Waals surface area contributed by atoms with Crippen molar-refractivity contribution in [3.63, 3.8) is 0 Å². The highest BCUT2D eigenvalue weighted by atomic mass is 16.6. The molecular weight excluding hydrogens is 1090 g/mol. The molecule has 2 aliphatic heterocycles. The van der Waals surface area contributed by atoms with Gasteiger partial charge in [0.1, 0.15) is 34.9 Å². The van der Waals surface area contributed by atoms with Gasteiger partial charge in [-0.2, -0.15) is 9.97 Å². The van der Waals surface area contributed by atoms with Crippen LogP contribution in [-0.4, -0.2) is 159 Å². The summed E-state index contributed by atoms with van der Waals surface area (Å²) in [5.41, 5.74) is 0.871. The maximum Gasteiger partial charge on any atom is 0.415 e. The van der Waals surface area contributed by atoms with Crippen molar-refractivity contribution in [1.29, 1.82) is 0 Å². The molecule has 85 heavy (non-hydrogen) atoms. The average molecular weight is 1180 g/mol. The molecule has 0 bridgehead atoms. The smallest absolute Gasteiger partial charge is 0.415 e. The number of carboxylic acids is 2. The van der Waals surface area contributed by atoms with Crippen molar-refractivity contribution in [1.82, 2.24) is 29.7 Å². The van der Waals surface area contributed by atoms with Crippen LogP contribution in [-0.2, 0) is 36.8 Å². The number of aromatic nitrogens is 4. The van der Waals surface area contributed by atoms with Gasteiger partial charge < -0.3 is 64.9 Å². The molecular formula is C62H94N12O11. The van der Waals surface area contributed by atoms with E-state index in [9.17, 15) is 33.9 Å². The summed E-state index contributed by atoms with van der Waals surface area (Å²) in [5.74, 6) is 0.404. The van der Waals surface area contributed by atoms with Crippen molar-refractivity contribution in [2.75, 3.05) is 96.1 Å². The number of nitrogens with one attached hydrogen (secondary N) is 3. The number of hydrogen-bond acceptors (Lipinski definition) is 18. The van der Waals surface area contributed by atoms with Crippen LogP contribution in [0.3, 0.4) is 0 Å². The number of esters is 1. The van der Waals surface area contributed by atoms with E-state index < -0.39 is 40.5 Å². The van der Waals surface area contributed by atoms with E-state index in [1.54, 1.807) is 84.3 Å². The Labute approximate surface area is 502 Å². The lowest BCUT2D eigenvalue weighted by molar-refractivity contribution is -0.155. The zero-order chi connectivity index (χ0) is 63.2. The Morgan fingerprint density at radius 1 is 0.576 bits per heavy atom. The van der Waals surface area contributed by atoms with Crippen LogP contribution < -0.4 is 40.1 Å². The lowest BCUT2D eigenvalue weighted by Crippen LogP contribution is -2.41. The number of benzene rings is 2. The number of hydrogen-bond donors (Lipinski definition) is 5. The minimum Gasteiger partial charge on any atom is -0.481 e. The topological polar surface area (TPSA) is 274 Å². The van der Waals surface area contributed by atoms with E-state index in [-0.39, 0.29) is 36.3 Å².